The summed E-state index contributed by atoms with van der Waals surface area (Å²) in [6.07, 6.45) is 3.66. The van der Waals surface area contributed by atoms with Crippen molar-refractivity contribution in [2.45, 2.75) is 52.5 Å². The summed E-state index contributed by atoms with van der Waals surface area (Å²) in [5.74, 6) is 1.47. The Hall–Kier alpha value is -2.11. The molecule has 3 heterocycles. The van der Waals surface area contributed by atoms with Crippen LogP contribution in [0.5, 0.6) is 0 Å². The van der Waals surface area contributed by atoms with Crippen molar-refractivity contribution in [3.8, 4) is 0 Å². The zero-order chi connectivity index (χ0) is 15.7. The van der Waals surface area contributed by atoms with Crippen LogP contribution in [0.15, 0.2) is 15.1 Å². The van der Waals surface area contributed by atoms with Crippen molar-refractivity contribution in [2.24, 2.45) is 0 Å². The third-order valence-corrected chi connectivity index (χ3v) is 4.21. The maximum atomic E-state index is 12.7. The number of hydrogen-bond donors (Lipinski definition) is 0. The summed E-state index contributed by atoms with van der Waals surface area (Å²) in [6, 6.07) is 1.78. The molecule has 0 aliphatic carbocycles. The smallest absolute Gasteiger partial charge is 0.276 e. The first kappa shape index (κ1) is 14.8. The molecule has 0 aromatic carbocycles. The van der Waals surface area contributed by atoms with E-state index in [1.54, 1.807) is 6.07 Å². The Bertz CT molecular complexity index is 654. The average Bonchev–Trinajstić information content (AvgIpc) is 3.20. The van der Waals surface area contributed by atoms with E-state index in [4.69, 9.17) is 9.05 Å². The standard InChI is InChI=1S/C16H21N3O3/c1-4-6-12-9-13(18-22-12)16(20)19-8-5-7-14(19)15-10(2)17-21-11(15)3/h9,14H,4-8H2,1-3H3. The van der Waals surface area contributed by atoms with Gasteiger partial charge < -0.3 is 13.9 Å². The van der Waals surface area contributed by atoms with Crippen LogP contribution >= 0.6 is 0 Å². The molecule has 3 rings (SSSR count). The molecule has 1 aliphatic rings. The quantitative estimate of drug-likeness (QED) is 0.867. The number of aromatic nitrogens is 2. The fourth-order valence-corrected chi connectivity index (χ4v) is 3.20. The third kappa shape index (κ3) is 2.53. The molecule has 1 unspecified atom stereocenters. The number of aryl methyl sites for hydroxylation is 3. The van der Waals surface area contributed by atoms with E-state index in [-0.39, 0.29) is 11.9 Å². The van der Waals surface area contributed by atoms with Gasteiger partial charge >= 0.3 is 0 Å². The topological polar surface area (TPSA) is 72.4 Å². The average molecular weight is 303 g/mol. The fraction of sp³-hybridized carbons (Fsp3) is 0.562. The van der Waals surface area contributed by atoms with Crippen molar-refractivity contribution in [3.05, 3.63) is 34.5 Å². The van der Waals surface area contributed by atoms with Gasteiger partial charge in [-0.05, 0) is 33.1 Å². The van der Waals surface area contributed by atoms with Gasteiger partial charge in [-0.25, -0.2) is 0 Å². The Labute approximate surface area is 129 Å². The normalized spacial score (nSPS) is 18.1. The molecule has 0 saturated carbocycles. The van der Waals surface area contributed by atoms with E-state index in [2.05, 4.69) is 17.2 Å². The monoisotopic (exact) mass is 303 g/mol. The molecule has 118 valence electrons. The van der Waals surface area contributed by atoms with Crippen LogP contribution in [0.2, 0.25) is 0 Å². The van der Waals surface area contributed by atoms with Gasteiger partial charge in [0.05, 0.1) is 11.7 Å². The molecule has 2 aromatic rings. The van der Waals surface area contributed by atoms with Gasteiger partial charge in [0.2, 0.25) is 0 Å². The van der Waals surface area contributed by atoms with Crippen LogP contribution in [0.4, 0.5) is 0 Å². The Kier molecular flexibility index (Phi) is 4.00. The molecule has 1 fully saturated rings. The molecule has 0 bridgehead atoms. The van der Waals surface area contributed by atoms with Crippen LogP contribution in [-0.4, -0.2) is 27.7 Å². The maximum Gasteiger partial charge on any atom is 0.276 e. The van der Waals surface area contributed by atoms with Gasteiger partial charge in [-0.3, -0.25) is 4.79 Å². The summed E-state index contributed by atoms with van der Waals surface area (Å²) in [5, 5.41) is 7.94. The van der Waals surface area contributed by atoms with Crippen LogP contribution < -0.4 is 0 Å². The van der Waals surface area contributed by atoms with Crippen molar-refractivity contribution in [1.82, 2.24) is 15.2 Å². The zero-order valence-electron chi connectivity index (χ0n) is 13.3. The molecule has 1 aliphatic heterocycles. The second kappa shape index (κ2) is 5.94. The molecule has 0 spiro atoms. The van der Waals surface area contributed by atoms with Crippen LogP contribution in [-0.2, 0) is 6.42 Å². The summed E-state index contributed by atoms with van der Waals surface area (Å²) in [5.41, 5.74) is 2.28. The molecule has 6 nitrogen and oxygen atoms in total. The van der Waals surface area contributed by atoms with Crippen LogP contribution in [0, 0.1) is 13.8 Å². The minimum atomic E-state index is -0.0754. The lowest BCUT2D eigenvalue weighted by Gasteiger charge is -2.23. The van der Waals surface area contributed by atoms with Gasteiger partial charge in [-0.1, -0.05) is 17.2 Å². The Morgan fingerprint density at radius 3 is 2.86 bits per heavy atom. The van der Waals surface area contributed by atoms with E-state index in [0.717, 1.165) is 55.0 Å². The highest BCUT2D eigenvalue weighted by molar-refractivity contribution is 5.92. The molecule has 22 heavy (non-hydrogen) atoms. The number of likely N-dealkylation sites (tertiary alicyclic amines) is 1. The van der Waals surface area contributed by atoms with Crippen molar-refractivity contribution >= 4 is 5.91 Å². The number of rotatable bonds is 4. The van der Waals surface area contributed by atoms with Gasteiger partial charge in [0.1, 0.15) is 11.5 Å². The second-order valence-electron chi connectivity index (χ2n) is 5.82. The minimum Gasteiger partial charge on any atom is -0.361 e. The van der Waals surface area contributed by atoms with Gasteiger partial charge in [-0.2, -0.15) is 0 Å². The van der Waals surface area contributed by atoms with Crippen LogP contribution in [0.1, 0.15) is 65.5 Å². The van der Waals surface area contributed by atoms with Gasteiger partial charge in [0.15, 0.2) is 5.69 Å². The van der Waals surface area contributed by atoms with E-state index in [9.17, 15) is 4.79 Å². The molecule has 6 heteroatoms. The van der Waals surface area contributed by atoms with Gasteiger partial charge in [0, 0.05) is 24.6 Å². The number of carbonyl (C=O) groups excluding carboxylic acids is 1. The summed E-state index contributed by atoms with van der Waals surface area (Å²) < 4.78 is 10.5. The molecule has 1 atom stereocenters. The first-order chi connectivity index (χ1) is 10.6. The molecule has 2 aromatic heterocycles. The van der Waals surface area contributed by atoms with Crippen LogP contribution in [0.3, 0.4) is 0 Å². The molecule has 0 radical (unpaired) electrons. The lowest BCUT2D eigenvalue weighted by molar-refractivity contribution is 0.0724. The Morgan fingerprint density at radius 2 is 2.18 bits per heavy atom. The van der Waals surface area contributed by atoms with E-state index in [0.29, 0.717) is 5.69 Å². The van der Waals surface area contributed by atoms with Crippen molar-refractivity contribution in [2.75, 3.05) is 6.54 Å². The molecule has 1 saturated heterocycles. The number of hydrogen-bond acceptors (Lipinski definition) is 5. The maximum absolute atomic E-state index is 12.7. The molecular formula is C16H21N3O3. The van der Waals surface area contributed by atoms with Crippen molar-refractivity contribution < 1.29 is 13.8 Å². The van der Waals surface area contributed by atoms with Crippen molar-refractivity contribution in [1.29, 1.82) is 0 Å². The predicted molar refractivity (Wildman–Crippen MR) is 79.5 cm³/mol. The highest BCUT2D eigenvalue weighted by atomic mass is 16.5. The largest absolute Gasteiger partial charge is 0.361 e. The zero-order valence-corrected chi connectivity index (χ0v) is 13.3. The lowest BCUT2D eigenvalue weighted by Crippen LogP contribution is -2.31. The summed E-state index contributed by atoms with van der Waals surface area (Å²) in [7, 11) is 0. The number of amides is 1. The highest BCUT2D eigenvalue weighted by Crippen LogP contribution is 2.36. The lowest BCUT2D eigenvalue weighted by atomic mass is 10.0. The summed E-state index contributed by atoms with van der Waals surface area (Å²) in [6.45, 7) is 6.61. The first-order valence-electron chi connectivity index (χ1n) is 7.81. The van der Waals surface area contributed by atoms with E-state index in [1.807, 2.05) is 18.7 Å². The Balaban J connectivity index is 1.84. The Morgan fingerprint density at radius 1 is 1.36 bits per heavy atom. The van der Waals surface area contributed by atoms with E-state index >= 15 is 0 Å². The van der Waals surface area contributed by atoms with Gasteiger partial charge in [0.25, 0.3) is 5.91 Å². The molecular weight excluding hydrogens is 282 g/mol. The molecule has 0 N–H and O–H groups in total. The number of carbonyl (C=O) groups is 1. The van der Waals surface area contributed by atoms with Gasteiger partial charge in [-0.15, -0.1) is 0 Å². The summed E-state index contributed by atoms with van der Waals surface area (Å²) >= 11 is 0. The predicted octanol–water partition coefficient (Wildman–Crippen LogP) is 3.21. The fourth-order valence-electron chi connectivity index (χ4n) is 3.20. The van der Waals surface area contributed by atoms with Crippen LogP contribution in [0.25, 0.3) is 0 Å². The van der Waals surface area contributed by atoms with Crippen molar-refractivity contribution in [3.63, 3.8) is 0 Å². The summed E-state index contributed by atoms with van der Waals surface area (Å²) in [4.78, 5) is 14.6. The first-order valence-corrected chi connectivity index (χ1v) is 7.81. The SMILES string of the molecule is CCCc1cc(C(=O)N2CCCC2c2c(C)noc2C)no1. The second-order valence-corrected chi connectivity index (χ2v) is 5.82. The van der Waals surface area contributed by atoms with E-state index in [1.165, 1.54) is 0 Å². The third-order valence-electron chi connectivity index (χ3n) is 4.21. The van der Waals surface area contributed by atoms with E-state index < -0.39 is 0 Å². The minimum absolute atomic E-state index is 0.0186. The number of nitrogens with zero attached hydrogens (tertiary/aromatic N) is 3. The molecule has 1 amide bonds. The highest BCUT2D eigenvalue weighted by Gasteiger charge is 2.35.